The van der Waals surface area contributed by atoms with Gasteiger partial charge >= 0.3 is 0 Å². The summed E-state index contributed by atoms with van der Waals surface area (Å²) in [6.07, 6.45) is 7.59. The van der Waals surface area contributed by atoms with Crippen molar-refractivity contribution in [1.82, 2.24) is 19.7 Å². The summed E-state index contributed by atoms with van der Waals surface area (Å²) in [5.41, 5.74) is 3.37. The van der Waals surface area contributed by atoms with Crippen LogP contribution in [0.2, 0.25) is 0 Å². The summed E-state index contributed by atoms with van der Waals surface area (Å²) in [5, 5.41) is 20.8. The fraction of sp³-hybridized carbons (Fsp3) is 0.417. The van der Waals surface area contributed by atoms with Gasteiger partial charge in [-0.15, -0.1) is 10.2 Å². The van der Waals surface area contributed by atoms with Crippen molar-refractivity contribution in [3.8, 4) is 0 Å². The van der Waals surface area contributed by atoms with Crippen LogP contribution < -0.4 is 5.32 Å². The molecule has 2 N–H and O–H groups in total. The lowest BCUT2D eigenvalue weighted by atomic mass is 9.97. The highest BCUT2D eigenvalue weighted by molar-refractivity contribution is 6.02. The third-order valence-electron chi connectivity index (χ3n) is 6.10. The summed E-state index contributed by atoms with van der Waals surface area (Å²) in [5.74, 6) is 1.42. The molecule has 0 saturated heterocycles. The maximum Gasteiger partial charge on any atom is 0.274 e. The minimum absolute atomic E-state index is 0.182. The van der Waals surface area contributed by atoms with Crippen molar-refractivity contribution < 1.29 is 9.90 Å². The van der Waals surface area contributed by atoms with E-state index < -0.39 is 0 Å². The summed E-state index contributed by atoms with van der Waals surface area (Å²) in [4.78, 5) is 17.1. The van der Waals surface area contributed by atoms with E-state index in [0.717, 1.165) is 54.7 Å². The monoisotopic (exact) mass is 419 g/mol. The molecule has 31 heavy (non-hydrogen) atoms. The first-order valence-corrected chi connectivity index (χ1v) is 10.8. The second-order valence-corrected chi connectivity index (χ2v) is 8.63. The molecular formula is C24H29N5O2. The van der Waals surface area contributed by atoms with Crippen molar-refractivity contribution >= 4 is 11.6 Å². The van der Waals surface area contributed by atoms with E-state index in [9.17, 15) is 9.90 Å². The quantitative estimate of drug-likeness (QED) is 0.611. The zero-order valence-corrected chi connectivity index (χ0v) is 18.0. The number of amides is 1. The molecule has 0 radical (unpaired) electrons. The van der Waals surface area contributed by atoms with E-state index in [-0.39, 0.29) is 17.9 Å². The third-order valence-corrected chi connectivity index (χ3v) is 6.10. The largest absolute Gasteiger partial charge is 0.393 e. The van der Waals surface area contributed by atoms with E-state index in [1.807, 2.05) is 41.9 Å². The Balaban J connectivity index is 1.41. The molecule has 1 saturated carbocycles. The lowest BCUT2D eigenvalue weighted by Gasteiger charge is -2.14. The predicted molar refractivity (Wildman–Crippen MR) is 119 cm³/mol. The predicted octanol–water partition coefficient (Wildman–Crippen LogP) is 3.51. The van der Waals surface area contributed by atoms with Gasteiger partial charge in [0.05, 0.1) is 6.10 Å². The molecule has 1 fully saturated rings. The maximum atomic E-state index is 12.8. The number of aliphatic hydroxyl groups is 1. The van der Waals surface area contributed by atoms with Gasteiger partial charge in [0, 0.05) is 25.4 Å². The topological polar surface area (TPSA) is 92.9 Å². The minimum Gasteiger partial charge on any atom is -0.393 e. The summed E-state index contributed by atoms with van der Waals surface area (Å²) < 4.78 is 1.92. The Morgan fingerprint density at radius 2 is 2.16 bits per heavy atom. The van der Waals surface area contributed by atoms with Crippen LogP contribution in [0.3, 0.4) is 0 Å². The molecule has 7 nitrogen and oxygen atoms in total. The van der Waals surface area contributed by atoms with E-state index in [4.69, 9.17) is 0 Å². The number of aromatic nitrogens is 4. The number of carbonyl (C=O) groups excluding carboxylic acids is 1. The molecule has 1 aliphatic rings. The lowest BCUT2D eigenvalue weighted by molar-refractivity contribution is 0.102. The molecule has 0 unspecified atom stereocenters. The van der Waals surface area contributed by atoms with Crippen molar-refractivity contribution in [1.29, 1.82) is 0 Å². The van der Waals surface area contributed by atoms with Gasteiger partial charge in [0.1, 0.15) is 17.8 Å². The summed E-state index contributed by atoms with van der Waals surface area (Å²) in [7, 11) is 1.94. The van der Waals surface area contributed by atoms with E-state index in [1.54, 1.807) is 12.5 Å². The number of rotatable bonds is 7. The number of hydrogen-bond acceptors (Lipinski definition) is 5. The molecule has 0 bridgehead atoms. The zero-order valence-electron chi connectivity index (χ0n) is 18.0. The van der Waals surface area contributed by atoms with Gasteiger partial charge in [0.2, 0.25) is 0 Å². The molecule has 0 aliphatic heterocycles. The van der Waals surface area contributed by atoms with Gasteiger partial charge in [0.15, 0.2) is 0 Å². The first kappa shape index (κ1) is 21.2. The average molecular weight is 420 g/mol. The van der Waals surface area contributed by atoms with Crippen LogP contribution in [0.1, 0.15) is 59.5 Å². The number of pyridine rings is 1. The fourth-order valence-corrected chi connectivity index (χ4v) is 4.29. The molecule has 0 spiro atoms. The summed E-state index contributed by atoms with van der Waals surface area (Å²) >= 11 is 0. The van der Waals surface area contributed by atoms with Crippen LogP contribution >= 0.6 is 0 Å². The van der Waals surface area contributed by atoms with Gasteiger partial charge in [-0.05, 0) is 72.9 Å². The Labute approximate surface area is 182 Å². The normalized spacial score (nSPS) is 19.3. The first-order chi connectivity index (χ1) is 15.0. The maximum absolute atomic E-state index is 12.8. The number of anilines is 1. The van der Waals surface area contributed by atoms with Crippen LogP contribution in [0.4, 0.5) is 5.69 Å². The van der Waals surface area contributed by atoms with Gasteiger partial charge in [-0.25, -0.2) is 0 Å². The van der Waals surface area contributed by atoms with Gasteiger partial charge in [-0.3, -0.25) is 9.78 Å². The highest BCUT2D eigenvalue weighted by atomic mass is 16.3. The van der Waals surface area contributed by atoms with Gasteiger partial charge in [-0.1, -0.05) is 19.1 Å². The molecular weight excluding hydrogens is 390 g/mol. The molecule has 1 amide bonds. The van der Waals surface area contributed by atoms with Crippen molar-refractivity contribution in [3.05, 3.63) is 71.6 Å². The van der Waals surface area contributed by atoms with E-state index in [2.05, 4.69) is 33.5 Å². The number of hydrogen-bond donors (Lipinski definition) is 2. The molecule has 2 aromatic heterocycles. The van der Waals surface area contributed by atoms with Crippen LogP contribution in [0, 0.1) is 5.92 Å². The van der Waals surface area contributed by atoms with Crippen molar-refractivity contribution in [2.75, 3.05) is 5.32 Å². The third kappa shape index (κ3) is 5.35. The second-order valence-electron chi connectivity index (χ2n) is 8.63. The number of aliphatic hydroxyl groups excluding tert-OH is 1. The standard InChI is InChI=1S/C24H29N5O2/c1-16(10-23-28-26-15-29(23)2)19-4-3-5-20(14-19)27-24(31)22-13-18(8-9-25-22)11-17-6-7-21(30)12-17/h3-5,8-9,13-17,21,30H,6-7,10-12H2,1-2H3,(H,27,31)/t16-,17+,21+/m1/s1. The van der Waals surface area contributed by atoms with Crippen molar-refractivity contribution in [2.24, 2.45) is 13.0 Å². The van der Waals surface area contributed by atoms with Crippen LogP contribution in [0.15, 0.2) is 48.9 Å². The Morgan fingerprint density at radius 1 is 1.29 bits per heavy atom. The van der Waals surface area contributed by atoms with Gasteiger partial charge in [-0.2, -0.15) is 0 Å². The Bertz CT molecular complexity index is 1050. The Hall–Kier alpha value is -3.06. The van der Waals surface area contributed by atoms with Gasteiger partial charge in [0.25, 0.3) is 5.91 Å². The van der Waals surface area contributed by atoms with Crippen molar-refractivity contribution in [2.45, 2.75) is 51.0 Å². The smallest absolute Gasteiger partial charge is 0.274 e. The molecule has 162 valence electrons. The molecule has 1 aromatic carbocycles. The summed E-state index contributed by atoms with van der Waals surface area (Å²) in [6.45, 7) is 2.14. The second kappa shape index (κ2) is 9.39. The van der Waals surface area contributed by atoms with Gasteiger partial charge < -0.3 is 15.0 Å². The van der Waals surface area contributed by atoms with Crippen LogP contribution in [-0.4, -0.2) is 36.9 Å². The summed E-state index contributed by atoms with van der Waals surface area (Å²) in [6, 6.07) is 11.7. The van der Waals surface area contributed by atoms with Crippen LogP contribution in [0.5, 0.6) is 0 Å². The highest BCUT2D eigenvalue weighted by Crippen LogP contribution is 2.28. The first-order valence-electron chi connectivity index (χ1n) is 10.8. The zero-order chi connectivity index (χ0) is 21.8. The average Bonchev–Trinajstić information content (AvgIpc) is 3.36. The Kier molecular flexibility index (Phi) is 6.42. The molecule has 7 heteroatoms. The molecule has 3 atom stereocenters. The SMILES string of the molecule is C[C@H](Cc1nncn1C)c1cccc(NC(=O)c2cc(C[C@@H]3CC[C@H](O)C3)ccn2)c1. The van der Waals surface area contributed by atoms with E-state index in [1.165, 1.54) is 0 Å². The van der Waals surface area contributed by atoms with Crippen molar-refractivity contribution in [3.63, 3.8) is 0 Å². The molecule has 2 heterocycles. The number of benzene rings is 1. The number of aryl methyl sites for hydroxylation is 1. The fourth-order valence-electron chi connectivity index (χ4n) is 4.29. The number of nitrogens with zero attached hydrogens (tertiary/aromatic N) is 4. The lowest BCUT2D eigenvalue weighted by Crippen LogP contribution is -2.15. The molecule has 3 aromatic rings. The number of carbonyl (C=O) groups is 1. The Morgan fingerprint density at radius 3 is 2.90 bits per heavy atom. The molecule has 1 aliphatic carbocycles. The van der Waals surface area contributed by atoms with Crippen LogP contribution in [0.25, 0.3) is 0 Å². The number of nitrogens with one attached hydrogen (secondary N) is 1. The van der Waals surface area contributed by atoms with E-state index in [0.29, 0.717) is 11.6 Å². The minimum atomic E-state index is -0.216. The highest BCUT2D eigenvalue weighted by Gasteiger charge is 2.23. The van der Waals surface area contributed by atoms with E-state index >= 15 is 0 Å². The van der Waals surface area contributed by atoms with Crippen LogP contribution in [-0.2, 0) is 19.9 Å². The molecule has 4 rings (SSSR count).